The normalized spacial score (nSPS) is 23.9. The summed E-state index contributed by atoms with van der Waals surface area (Å²) in [7, 11) is 0. The molecule has 0 bridgehead atoms. The molecule has 0 saturated carbocycles. The van der Waals surface area contributed by atoms with Gasteiger partial charge in [-0.25, -0.2) is 0 Å². The second-order valence-electron chi connectivity index (χ2n) is 5.13. The maximum absolute atomic E-state index is 6.31. The minimum absolute atomic E-state index is 0.240. The highest BCUT2D eigenvalue weighted by molar-refractivity contribution is 9.11. The zero-order valence-corrected chi connectivity index (χ0v) is 13.0. The third-order valence-electron chi connectivity index (χ3n) is 3.70. The van der Waals surface area contributed by atoms with Crippen molar-refractivity contribution in [1.29, 1.82) is 0 Å². The Labute approximate surface area is 126 Å². The first kappa shape index (κ1) is 13.3. The standard InChI is InChI=1S/C15H17BrN2S/c16-15-6-11(10-19-15)7-18-8-13(14(17)9-18)12-4-2-1-3-5-12/h1-6,10,13-14H,7-9,17H2/t13-,14+/m0/s1. The van der Waals surface area contributed by atoms with Crippen molar-refractivity contribution in [2.75, 3.05) is 13.1 Å². The summed E-state index contributed by atoms with van der Waals surface area (Å²) in [6, 6.07) is 13.1. The number of nitrogens with zero attached hydrogens (tertiary/aromatic N) is 1. The number of rotatable bonds is 3. The van der Waals surface area contributed by atoms with Crippen molar-refractivity contribution in [2.24, 2.45) is 5.73 Å². The summed E-state index contributed by atoms with van der Waals surface area (Å²) in [5.41, 5.74) is 9.05. The molecule has 1 aromatic carbocycles. The van der Waals surface area contributed by atoms with Crippen LogP contribution in [0.1, 0.15) is 17.0 Å². The summed E-state index contributed by atoms with van der Waals surface area (Å²) >= 11 is 5.26. The van der Waals surface area contributed by atoms with E-state index < -0.39 is 0 Å². The molecular formula is C15H17BrN2S. The summed E-state index contributed by atoms with van der Waals surface area (Å²) in [5.74, 6) is 0.461. The van der Waals surface area contributed by atoms with Crippen molar-refractivity contribution >= 4 is 27.3 Å². The van der Waals surface area contributed by atoms with Crippen molar-refractivity contribution in [3.05, 3.63) is 56.7 Å². The van der Waals surface area contributed by atoms with Gasteiger partial charge in [0.2, 0.25) is 0 Å². The van der Waals surface area contributed by atoms with E-state index in [0.717, 1.165) is 19.6 Å². The van der Waals surface area contributed by atoms with Gasteiger partial charge in [0, 0.05) is 31.6 Å². The van der Waals surface area contributed by atoms with Crippen LogP contribution in [0.3, 0.4) is 0 Å². The fourth-order valence-corrected chi connectivity index (χ4v) is 3.98. The van der Waals surface area contributed by atoms with Crippen LogP contribution in [0.2, 0.25) is 0 Å². The van der Waals surface area contributed by atoms with Crippen LogP contribution in [0, 0.1) is 0 Å². The van der Waals surface area contributed by atoms with Crippen LogP contribution in [0.25, 0.3) is 0 Å². The molecule has 4 heteroatoms. The second kappa shape index (κ2) is 5.75. The third kappa shape index (κ3) is 3.08. The Bertz CT molecular complexity index is 540. The van der Waals surface area contributed by atoms with E-state index in [4.69, 9.17) is 5.73 Å². The molecule has 3 rings (SSSR count). The summed E-state index contributed by atoms with van der Waals surface area (Å²) in [5, 5.41) is 2.21. The number of hydrogen-bond acceptors (Lipinski definition) is 3. The molecule has 0 radical (unpaired) electrons. The van der Waals surface area contributed by atoms with E-state index >= 15 is 0 Å². The highest BCUT2D eigenvalue weighted by Crippen LogP contribution is 2.28. The Morgan fingerprint density at radius 1 is 1.26 bits per heavy atom. The van der Waals surface area contributed by atoms with Gasteiger partial charge in [-0.1, -0.05) is 30.3 Å². The zero-order valence-electron chi connectivity index (χ0n) is 10.6. The zero-order chi connectivity index (χ0) is 13.2. The molecule has 1 aromatic heterocycles. The van der Waals surface area contributed by atoms with Crippen molar-refractivity contribution in [3.63, 3.8) is 0 Å². The molecule has 2 nitrogen and oxygen atoms in total. The molecule has 1 aliphatic heterocycles. The van der Waals surface area contributed by atoms with E-state index in [2.05, 4.69) is 62.6 Å². The van der Waals surface area contributed by atoms with Crippen molar-refractivity contribution in [1.82, 2.24) is 4.90 Å². The van der Waals surface area contributed by atoms with Crippen molar-refractivity contribution in [3.8, 4) is 0 Å². The molecule has 0 amide bonds. The van der Waals surface area contributed by atoms with Crippen LogP contribution in [0.4, 0.5) is 0 Å². The average Bonchev–Trinajstić information content (AvgIpc) is 2.97. The van der Waals surface area contributed by atoms with E-state index in [1.807, 2.05) is 0 Å². The van der Waals surface area contributed by atoms with Crippen LogP contribution >= 0.6 is 27.3 Å². The second-order valence-corrected chi connectivity index (χ2v) is 7.42. The largest absolute Gasteiger partial charge is 0.326 e. The highest BCUT2D eigenvalue weighted by atomic mass is 79.9. The highest BCUT2D eigenvalue weighted by Gasteiger charge is 2.30. The first-order valence-corrected chi connectivity index (χ1v) is 8.15. The van der Waals surface area contributed by atoms with Gasteiger partial charge >= 0.3 is 0 Å². The number of thiophene rings is 1. The van der Waals surface area contributed by atoms with Crippen molar-refractivity contribution < 1.29 is 0 Å². The number of halogens is 1. The molecule has 1 saturated heterocycles. The quantitative estimate of drug-likeness (QED) is 0.930. The first-order valence-electron chi connectivity index (χ1n) is 6.48. The SMILES string of the molecule is N[C@@H]1CN(Cc2csc(Br)c2)C[C@H]1c1ccccc1. The Morgan fingerprint density at radius 2 is 2.05 bits per heavy atom. The fraction of sp³-hybridized carbons (Fsp3) is 0.333. The topological polar surface area (TPSA) is 29.3 Å². The molecule has 1 aliphatic rings. The molecule has 2 aromatic rings. The molecule has 0 spiro atoms. The Hall–Kier alpha value is -0.680. The minimum Gasteiger partial charge on any atom is -0.326 e. The summed E-state index contributed by atoms with van der Waals surface area (Å²) < 4.78 is 1.20. The van der Waals surface area contributed by atoms with Gasteiger partial charge in [-0.15, -0.1) is 11.3 Å². The van der Waals surface area contributed by atoms with Crippen LogP contribution in [-0.2, 0) is 6.54 Å². The smallest absolute Gasteiger partial charge is 0.0701 e. The van der Waals surface area contributed by atoms with Gasteiger partial charge in [0.1, 0.15) is 0 Å². The molecule has 19 heavy (non-hydrogen) atoms. The van der Waals surface area contributed by atoms with Gasteiger partial charge in [-0.3, -0.25) is 4.90 Å². The molecule has 2 heterocycles. The van der Waals surface area contributed by atoms with Gasteiger partial charge in [-0.2, -0.15) is 0 Å². The summed E-state index contributed by atoms with van der Waals surface area (Å²) in [4.78, 5) is 2.46. The molecule has 0 unspecified atom stereocenters. The molecule has 100 valence electrons. The Morgan fingerprint density at radius 3 is 2.74 bits per heavy atom. The average molecular weight is 337 g/mol. The summed E-state index contributed by atoms with van der Waals surface area (Å²) in [6.45, 7) is 3.03. The van der Waals surface area contributed by atoms with Gasteiger partial charge in [0.05, 0.1) is 3.79 Å². The third-order valence-corrected chi connectivity index (χ3v) is 5.25. The van der Waals surface area contributed by atoms with Gasteiger partial charge < -0.3 is 5.73 Å². The maximum atomic E-state index is 6.31. The van der Waals surface area contributed by atoms with E-state index in [9.17, 15) is 0 Å². The molecular weight excluding hydrogens is 320 g/mol. The molecule has 2 atom stereocenters. The van der Waals surface area contributed by atoms with Crippen LogP contribution < -0.4 is 5.73 Å². The first-order chi connectivity index (χ1) is 9.22. The predicted octanol–water partition coefficient (Wildman–Crippen LogP) is 3.44. The number of hydrogen-bond donors (Lipinski definition) is 1. The molecule has 1 fully saturated rings. The van der Waals surface area contributed by atoms with Gasteiger partial charge in [-0.05, 0) is 38.5 Å². The molecule has 0 aliphatic carbocycles. The Balaban J connectivity index is 1.68. The van der Waals surface area contributed by atoms with Gasteiger partial charge in [0.25, 0.3) is 0 Å². The summed E-state index contributed by atoms with van der Waals surface area (Å²) in [6.07, 6.45) is 0. The van der Waals surface area contributed by atoms with E-state index in [-0.39, 0.29) is 6.04 Å². The lowest BCUT2D eigenvalue weighted by Crippen LogP contribution is -2.28. The van der Waals surface area contributed by atoms with Crippen LogP contribution in [0.15, 0.2) is 45.6 Å². The predicted molar refractivity (Wildman–Crippen MR) is 84.5 cm³/mol. The maximum Gasteiger partial charge on any atom is 0.0701 e. The number of nitrogens with two attached hydrogens (primary N) is 1. The minimum atomic E-state index is 0.240. The van der Waals surface area contributed by atoms with Crippen molar-refractivity contribution in [2.45, 2.75) is 18.5 Å². The van der Waals surface area contributed by atoms with E-state index in [1.165, 1.54) is 14.9 Å². The van der Waals surface area contributed by atoms with Crippen LogP contribution in [0.5, 0.6) is 0 Å². The van der Waals surface area contributed by atoms with E-state index in [1.54, 1.807) is 11.3 Å². The van der Waals surface area contributed by atoms with E-state index in [0.29, 0.717) is 5.92 Å². The Kier molecular flexibility index (Phi) is 4.03. The lowest BCUT2D eigenvalue weighted by Gasteiger charge is -2.15. The molecule has 2 N–H and O–H groups in total. The fourth-order valence-electron chi connectivity index (χ4n) is 2.78. The monoisotopic (exact) mass is 336 g/mol. The lowest BCUT2D eigenvalue weighted by atomic mass is 9.95. The number of likely N-dealkylation sites (tertiary alicyclic amines) is 1. The lowest BCUT2D eigenvalue weighted by molar-refractivity contribution is 0.324. The van der Waals surface area contributed by atoms with Crippen LogP contribution in [-0.4, -0.2) is 24.0 Å². The van der Waals surface area contributed by atoms with Gasteiger partial charge in [0.15, 0.2) is 0 Å². The number of benzene rings is 1.